The van der Waals surface area contributed by atoms with Gasteiger partial charge in [-0.25, -0.2) is 0 Å². The van der Waals surface area contributed by atoms with E-state index < -0.39 is 23.8 Å². The number of nitrogens with two attached hydrogens (primary N) is 1. The first-order valence-electron chi connectivity index (χ1n) is 10.7. The molecule has 0 radical (unpaired) electrons. The number of nitrogens with one attached hydrogen (secondary N) is 1. The number of aromatic nitrogens is 1. The van der Waals surface area contributed by atoms with Crippen LogP contribution in [0.2, 0.25) is 0 Å². The molecule has 2 unspecified atom stereocenters. The lowest BCUT2D eigenvalue weighted by atomic mass is 9.85. The van der Waals surface area contributed by atoms with E-state index in [4.69, 9.17) is 10.5 Å². The number of esters is 1. The van der Waals surface area contributed by atoms with Gasteiger partial charge in [0, 0.05) is 42.9 Å². The van der Waals surface area contributed by atoms with Gasteiger partial charge in [-0.05, 0) is 41.5 Å². The van der Waals surface area contributed by atoms with Crippen molar-refractivity contribution in [3.63, 3.8) is 0 Å². The van der Waals surface area contributed by atoms with E-state index in [1.807, 2.05) is 48.5 Å². The van der Waals surface area contributed by atoms with Crippen LogP contribution in [0.1, 0.15) is 24.8 Å². The molecule has 0 aliphatic carbocycles. The molecule has 188 valence electrons. The fraction of sp³-hybridized carbons (Fsp3) is 0.280. The monoisotopic (exact) mass is 521 g/mol. The quantitative estimate of drug-likeness (QED) is 0.322. The maximum absolute atomic E-state index is 12.9. The number of halogens is 2. The molecular weight excluding hydrogens is 493 g/mol. The summed E-state index contributed by atoms with van der Waals surface area (Å²) in [6, 6.07) is 16.5. The lowest BCUT2D eigenvalue weighted by Gasteiger charge is -2.24. The zero-order valence-corrected chi connectivity index (χ0v) is 20.6. The van der Waals surface area contributed by atoms with Gasteiger partial charge in [-0.1, -0.05) is 36.4 Å². The third-order valence-corrected chi connectivity index (χ3v) is 5.47. The zero-order valence-electron chi connectivity index (χ0n) is 19.0. The Morgan fingerprint density at radius 1 is 1.03 bits per heavy atom. The standard InChI is InChI=1S/C25H27N3O5.2ClH/c26-14-22(25(32)28-21-8-6-20-15-27-11-10-18(20)12-21)19(13-23(29)30)7-9-24(31)33-16-17-4-2-1-3-5-17;;/h1-6,8,10-12,15,19,22H,7,9,13-14,16,26H2,(H,28,32)(H,29,30);2*1H. The van der Waals surface area contributed by atoms with E-state index in [9.17, 15) is 19.5 Å². The summed E-state index contributed by atoms with van der Waals surface area (Å²) in [5.74, 6) is -3.26. The van der Waals surface area contributed by atoms with Gasteiger partial charge in [-0.3, -0.25) is 19.4 Å². The largest absolute Gasteiger partial charge is 0.481 e. The second-order valence-electron chi connectivity index (χ2n) is 7.81. The van der Waals surface area contributed by atoms with Crippen LogP contribution in [-0.4, -0.2) is 34.5 Å². The van der Waals surface area contributed by atoms with Crippen molar-refractivity contribution in [3.05, 3.63) is 72.6 Å². The van der Waals surface area contributed by atoms with Crippen LogP contribution in [0.4, 0.5) is 5.69 Å². The smallest absolute Gasteiger partial charge is 0.306 e. The summed E-state index contributed by atoms with van der Waals surface area (Å²) in [6.07, 6.45) is 3.29. The number of anilines is 1. The topological polar surface area (TPSA) is 132 Å². The Balaban J connectivity index is 0.00000306. The van der Waals surface area contributed by atoms with Gasteiger partial charge in [0.2, 0.25) is 5.91 Å². The highest BCUT2D eigenvalue weighted by molar-refractivity contribution is 5.96. The van der Waals surface area contributed by atoms with E-state index in [1.165, 1.54) is 0 Å². The van der Waals surface area contributed by atoms with E-state index in [-0.39, 0.29) is 63.1 Å². The van der Waals surface area contributed by atoms with Crippen LogP contribution in [0.3, 0.4) is 0 Å². The molecule has 0 spiro atoms. The number of nitrogens with zero attached hydrogens (tertiary/aromatic N) is 1. The van der Waals surface area contributed by atoms with E-state index in [1.54, 1.807) is 18.5 Å². The van der Waals surface area contributed by atoms with Crippen molar-refractivity contribution in [2.75, 3.05) is 11.9 Å². The summed E-state index contributed by atoms with van der Waals surface area (Å²) in [5.41, 5.74) is 7.29. The average Bonchev–Trinajstić information content (AvgIpc) is 2.81. The second-order valence-corrected chi connectivity index (χ2v) is 7.81. The lowest BCUT2D eigenvalue weighted by molar-refractivity contribution is -0.146. The van der Waals surface area contributed by atoms with Crippen molar-refractivity contribution in [3.8, 4) is 0 Å². The maximum atomic E-state index is 12.9. The van der Waals surface area contributed by atoms with Gasteiger partial charge in [0.05, 0.1) is 5.92 Å². The molecule has 2 atom stereocenters. The van der Waals surface area contributed by atoms with Crippen LogP contribution in [0, 0.1) is 11.8 Å². The number of carboxylic acids is 1. The Morgan fingerprint density at radius 3 is 2.46 bits per heavy atom. The first-order chi connectivity index (χ1) is 16.0. The highest BCUT2D eigenvalue weighted by Gasteiger charge is 2.30. The normalized spacial score (nSPS) is 11.9. The summed E-state index contributed by atoms with van der Waals surface area (Å²) in [7, 11) is 0. The molecule has 3 rings (SSSR count). The van der Waals surface area contributed by atoms with Gasteiger partial charge in [0.25, 0.3) is 0 Å². The molecule has 1 amide bonds. The Labute approximate surface area is 216 Å². The highest BCUT2D eigenvalue weighted by Crippen LogP contribution is 2.25. The molecule has 0 saturated heterocycles. The highest BCUT2D eigenvalue weighted by atomic mass is 35.5. The van der Waals surface area contributed by atoms with Crippen molar-refractivity contribution in [1.29, 1.82) is 0 Å². The molecule has 4 N–H and O–H groups in total. The molecule has 0 aliphatic heterocycles. The molecule has 2 aromatic carbocycles. The molecule has 0 bridgehead atoms. The second kappa shape index (κ2) is 14.9. The number of benzene rings is 2. The molecule has 35 heavy (non-hydrogen) atoms. The van der Waals surface area contributed by atoms with Crippen LogP contribution in [0.5, 0.6) is 0 Å². The number of aliphatic carboxylic acids is 1. The van der Waals surface area contributed by atoms with Crippen LogP contribution >= 0.6 is 24.8 Å². The van der Waals surface area contributed by atoms with Gasteiger partial charge in [-0.15, -0.1) is 24.8 Å². The summed E-state index contributed by atoms with van der Waals surface area (Å²) >= 11 is 0. The van der Waals surface area contributed by atoms with Gasteiger partial charge in [-0.2, -0.15) is 0 Å². The molecule has 1 heterocycles. The van der Waals surface area contributed by atoms with E-state index in [2.05, 4.69) is 10.3 Å². The number of amides is 1. The summed E-state index contributed by atoms with van der Waals surface area (Å²) in [6.45, 7) is 0.0991. The molecular formula is C25H29Cl2N3O5. The Hall–Kier alpha value is -3.20. The van der Waals surface area contributed by atoms with Crippen LogP contribution in [0.25, 0.3) is 10.8 Å². The third-order valence-electron chi connectivity index (χ3n) is 5.47. The van der Waals surface area contributed by atoms with Gasteiger partial charge in [0.15, 0.2) is 0 Å². The summed E-state index contributed by atoms with van der Waals surface area (Å²) < 4.78 is 5.27. The number of carboxylic acid groups (broad SMARTS) is 1. The third kappa shape index (κ3) is 9.16. The fourth-order valence-electron chi connectivity index (χ4n) is 3.69. The number of rotatable bonds is 11. The van der Waals surface area contributed by atoms with Gasteiger partial charge in [0.1, 0.15) is 6.61 Å². The lowest BCUT2D eigenvalue weighted by Crippen LogP contribution is -2.36. The zero-order chi connectivity index (χ0) is 23.6. The van der Waals surface area contributed by atoms with Crippen molar-refractivity contribution in [2.24, 2.45) is 17.6 Å². The first-order valence-corrected chi connectivity index (χ1v) is 10.7. The Kier molecular flexibility index (Phi) is 12.7. The predicted octanol–water partition coefficient (Wildman–Crippen LogP) is 4.21. The van der Waals surface area contributed by atoms with E-state index in [0.717, 1.165) is 16.3 Å². The minimum Gasteiger partial charge on any atom is -0.481 e. The van der Waals surface area contributed by atoms with E-state index in [0.29, 0.717) is 5.69 Å². The number of carbonyl (C=O) groups is 3. The van der Waals surface area contributed by atoms with Crippen molar-refractivity contribution < 1.29 is 24.2 Å². The number of hydrogen-bond acceptors (Lipinski definition) is 6. The molecule has 1 aromatic heterocycles. The minimum absolute atomic E-state index is 0. The number of fused-ring (bicyclic) bond motifs is 1. The fourth-order valence-corrected chi connectivity index (χ4v) is 3.69. The molecule has 0 aliphatic rings. The van der Waals surface area contributed by atoms with Crippen LogP contribution < -0.4 is 11.1 Å². The van der Waals surface area contributed by atoms with Crippen LogP contribution in [0.15, 0.2) is 67.0 Å². The number of carbonyl (C=O) groups excluding carboxylic acids is 2. The molecule has 10 heteroatoms. The maximum Gasteiger partial charge on any atom is 0.306 e. The first kappa shape index (κ1) is 29.8. The van der Waals surface area contributed by atoms with Crippen molar-refractivity contribution >= 4 is 59.1 Å². The molecule has 0 saturated carbocycles. The number of pyridine rings is 1. The van der Waals surface area contributed by atoms with E-state index >= 15 is 0 Å². The molecule has 0 fully saturated rings. The Bertz CT molecular complexity index is 1110. The van der Waals surface area contributed by atoms with Crippen LogP contribution in [-0.2, 0) is 25.7 Å². The SMILES string of the molecule is Cl.Cl.NCC(C(=O)Nc1ccc2cnccc2c1)C(CCC(=O)OCc1ccccc1)CC(=O)O. The molecule has 8 nitrogen and oxygen atoms in total. The molecule has 3 aromatic rings. The summed E-state index contributed by atoms with van der Waals surface area (Å²) in [5, 5.41) is 14.0. The number of ether oxygens (including phenoxy) is 1. The number of hydrogen-bond donors (Lipinski definition) is 3. The Morgan fingerprint density at radius 2 is 1.77 bits per heavy atom. The minimum atomic E-state index is -1.05. The van der Waals surface area contributed by atoms with Gasteiger partial charge < -0.3 is 20.9 Å². The van der Waals surface area contributed by atoms with Crippen molar-refractivity contribution in [2.45, 2.75) is 25.9 Å². The van der Waals surface area contributed by atoms with Crippen molar-refractivity contribution in [1.82, 2.24) is 4.98 Å². The summed E-state index contributed by atoms with van der Waals surface area (Å²) in [4.78, 5) is 40.6. The predicted molar refractivity (Wildman–Crippen MR) is 139 cm³/mol. The van der Waals surface area contributed by atoms with Gasteiger partial charge >= 0.3 is 11.9 Å². The average molecular weight is 522 g/mol.